The molecule has 1 saturated carbocycles. The van der Waals surface area contributed by atoms with Gasteiger partial charge in [0.15, 0.2) is 0 Å². The van der Waals surface area contributed by atoms with E-state index in [0.717, 1.165) is 68.4 Å². The Hall–Kier alpha value is -5.52. The zero-order valence-electron chi connectivity index (χ0n) is 34.2. The summed E-state index contributed by atoms with van der Waals surface area (Å²) in [5.74, 6) is -0.111. The van der Waals surface area contributed by atoms with Crippen molar-refractivity contribution in [3.63, 3.8) is 0 Å². The second-order valence-electron chi connectivity index (χ2n) is 18.5. The molecule has 3 aromatic rings. The lowest BCUT2D eigenvalue weighted by molar-refractivity contribution is -0.164. The number of ether oxygens (including phenoxy) is 1. The van der Waals surface area contributed by atoms with Crippen LogP contribution < -0.4 is 25.2 Å². The molecule has 4 saturated heterocycles. The van der Waals surface area contributed by atoms with E-state index in [0.29, 0.717) is 51.0 Å². The average Bonchev–Trinajstić information content (AvgIpc) is 3.90. The molecule has 2 bridgehead atoms. The Morgan fingerprint density at radius 2 is 1.70 bits per heavy atom. The molecule has 15 heteroatoms. The maximum atomic E-state index is 13.5. The van der Waals surface area contributed by atoms with E-state index in [9.17, 15) is 29.2 Å². The molecule has 9 rings (SSSR count). The summed E-state index contributed by atoms with van der Waals surface area (Å²) in [6.07, 6.45) is 4.85. The Balaban J connectivity index is 0.747. The summed E-state index contributed by atoms with van der Waals surface area (Å²) in [4.78, 5) is 77.3. The van der Waals surface area contributed by atoms with Crippen molar-refractivity contribution < 1.29 is 28.7 Å². The highest BCUT2D eigenvalue weighted by atomic mass is 35.5. The van der Waals surface area contributed by atoms with Gasteiger partial charge in [-0.05, 0) is 74.1 Å². The number of carbonyl (C=O) groups excluding carboxylic acids is 5. The van der Waals surface area contributed by atoms with E-state index >= 15 is 0 Å². The highest BCUT2D eigenvalue weighted by Gasteiger charge is 2.64. The van der Waals surface area contributed by atoms with E-state index in [1.807, 2.05) is 18.2 Å². The predicted molar refractivity (Wildman–Crippen MR) is 223 cm³/mol. The minimum absolute atomic E-state index is 0.0904. The quantitative estimate of drug-likeness (QED) is 0.285. The molecule has 6 heterocycles. The Bertz CT molecular complexity index is 2320. The topological polar surface area (TPSA) is 168 Å². The van der Waals surface area contributed by atoms with Crippen LogP contribution in [0.1, 0.15) is 96.4 Å². The van der Waals surface area contributed by atoms with Gasteiger partial charge in [-0.15, -0.1) is 0 Å². The van der Waals surface area contributed by atoms with Gasteiger partial charge in [-0.3, -0.25) is 39.1 Å². The molecule has 312 valence electrons. The molecule has 60 heavy (non-hydrogen) atoms. The van der Waals surface area contributed by atoms with Gasteiger partial charge in [0, 0.05) is 86.1 Å². The number of nitrogens with one attached hydrogen (secondary N) is 2. The van der Waals surface area contributed by atoms with Crippen LogP contribution in [0.4, 0.5) is 11.5 Å². The molecule has 0 spiro atoms. The number of anilines is 2. The van der Waals surface area contributed by atoms with Crippen molar-refractivity contribution in [1.82, 2.24) is 25.4 Å². The zero-order chi connectivity index (χ0) is 42.2. The number of imide groups is 2. The Labute approximate surface area is 354 Å². The summed E-state index contributed by atoms with van der Waals surface area (Å²) in [5.41, 5.74) is 1.69. The largest absolute Gasteiger partial charge is 0.489 e. The Morgan fingerprint density at radius 3 is 2.35 bits per heavy atom. The zero-order valence-corrected chi connectivity index (χ0v) is 35.0. The highest BCUT2D eigenvalue weighted by Crippen LogP contribution is 2.55. The van der Waals surface area contributed by atoms with Crippen molar-refractivity contribution in [2.75, 3.05) is 42.5 Å². The van der Waals surface area contributed by atoms with E-state index < -0.39 is 29.7 Å². The van der Waals surface area contributed by atoms with Gasteiger partial charge in [0.25, 0.3) is 17.7 Å². The number of carbonyl (C=O) groups is 5. The monoisotopic (exact) mass is 832 g/mol. The van der Waals surface area contributed by atoms with Gasteiger partial charge >= 0.3 is 0 Å². The fraction of sp³-hybridized carbons (Fsp3) is 0.489. The van der Waals surface area contributed by atoms with Crippen molar-refractivity contribution in [1.29, 1.82) is 5.26 Å². The molecule has 1 aromatic heterocycles. The number of rotatable bonds is 9. The maximum Gasteiger partial charge on any atom is 0.262 e. The number of nitriles is 1. The Kier molecular flexibility index (Phi) is 9.90. The third-order valence-electron chi connectivity index (χ3n) is 14.0. The van der Waals surface area contributed by atoms with Gasteiger partial charge in [0.2, 0.25) is 11.8 Å². The highest BCUT2D eigenvalue weighted by molar-refractivity contribution is 6.31. The van der Waals surface area contributed by atoms with Crippen LogP contribution in [0, 0.1) is 28.1 Å². The molecule has 6 aliphatic rings. The number of piperidine rings is 2. The first-order chi connectivity index (χ1) is 28.6. The number of pyridine rings is 1. The van der Waals surface area contributed by atoms with Crippen LogP contribution in [0.5, 0.6) is 5.75 Å². The summed E-state index contributed by atoms with van der Waals surface area (Å²) >= 11 is 6.25. The molecule has 5 amide bonds. The first-order valence-corrected chi connectivity index (χ1v) is 21.3. The van der Waals surface area contributed by atoms with Crippen molar-refractivity contribution in [2.24, 2.45) is 16.7 Å². The number of piperazine rings is 1. The number of benzene rings is 2. The lowest BCUT2D eigenvalue weighted by Crippen LogP contribution is -2.74. The van der Waals surface area contributed by atoms with Crippen molar-refractivity contribution in [3.8, 4) is 11.8 Å². The minimum Gasteiger partial charge on any atom is -0.489 e. The Morgan fingerprint density at radius 1 is 0.950 bits per heavy atom. The number of nitrogens with zero attached hydrogens (tertiary/aromatic N) is 6. The summed E-state index contributed by atoms with van der Waals surface area (Å²) in [5, 5.41) is 15.1. The van der Waals surface area contributed by atoms with Crippen LogP contribution in [0.2, 0.25) is 5.02 Å². The molecule has 0 radical (unpaired) electrons. The normalized spacial score (nSPS) is 27.1. The van der Waals surface area contributed by atoms with Gasteiger partial charge in [0.1, 0.15) is 29.8 Å². The van der Waals surface area contributed by atoms with E-state index in [2.05, 4.69) is 59.1 Å². The van der Waals surface area contributed by atoms with Crippen LogP contribution in [0.3, 0.4) is 0 Å². The summed E-state index contributed by atoms with van der Waals surface area (Å²) in [6, 6.07) is 15.9. The van der Waals surface area contributed by atoms with Crippen LogP contribution in [-0.4, -0.2) is 107 Å². The summed E-state index contributed by atoms with van der Waals surface area (Å²) < 4.78 is 6.38. The van der Waals surface area contributed by atoms with Gasteiger partial charge in [0.05, 0.1) is 27.3 Å². The molecule has 5 fully saturated rings. The molecule has 14 nitrogen and oxygen atoms in total. The summed E-state index contributed by atoms with van der Waals surface area (Å²) in [6.45, 7) is 12.9. The van der Waals surface area contributed by atoms with Crippen LogP contribution >= 0.6 is 11.6 Å². The molecular formula is C45H49ClN8O6. The average molecular weight is 833 g/mol. The van der Waals surface area contributed by atoms with E-state index in [1.54, 1.807) is 36.5 Å². The number of fused-ring (bicyclic) bond motifs is 3. The van der Waals surface area contributed by atoms with Crippen LogP contribution in [0.15, 0.2) is 54.7 Å². The van der Waals surface area contributed by atoms with E-state index in [4.69, 9.17) is 21.3 Å². The number of hydrogen-bond donors (Lipinski definition) is 2. The second kappa shape index (κ2) is 14.9. The summed E-state index contributed by atoms with van der Waals surface area (Å²) in [7, 11) is 0. The van der Waals surface area contributed by atoms with Crippen molar-refractivity contribution in [3.05, 3.63) is 82.0 Å². The molecule has 5 aliphatic heterocycles. The van der Waals surface area contributed by atoms with Gasteiger partial charge in [-0.1, -0.05) is 39.3 Å². The minimum atomic E-state index is -0.976. The number of halogens is 1. The maximum absolute atomic E-state index is 13.5. The molecule has 2 N–H and O–H groups in total. The standard InChI is InChI=1S/C45H49ClN8O6/c1-44(2)42(45(3,4)43(44)60-31-8-5-26(20-47)34(46)19-31)50-38(56)27-6-11-36(48-21-27)51-15-13-25(14-16-51)22-52-23-30-17-29(52)24-53(30)28-7-9-32-33(18-28)41(59)54(40(32)58)35-10-12-37(55)49-39(35)57/h5-9,11,18-19,21,25,29-30,35,42-43H,10,12-17,22-24H2,1-4H3,(H,50,56)(H,49,55,57)/t29-,30-,35?,42?,43?/m1/s1. The molecule has 2 aromatic carbocycles. The van der Waals surface area contributed by atoms with E-state index in [-0.39, 0.29) is 41.7 Å². The lowest BCUT2D eigenvalue weighted by atomic mass is 9.49. The number of hydrogen-bond acceptors (Lipinski definition) is 11. The first kappa shape index (κ1) is 39.9. The fourth-order valence-electron chi connectivity index (χ4n) is 11.1. The van der Waals surface area contributed by atoms with Gasteiger partial charge in [-0.25, -0.2) is 4.98 Å². The van der Waals surface area contributed by atoms with Gasteiger partial charge < -0.3 is 19.9 Å². The third-order valence-corrected chi connectivity index (χ3v) is 14.3. The molecular weight excluding hydrogens is 784 g/mol. The predicted octanol–water partition coefficient (Wildman–Crippen LogP) is 4.80. The molecule has 1 aliphatic carbocycles. The first-order valence-electron chi connectivity index (χ1n) is 20.9. The lowest BCUT2D eigenvalue weighted by Gasteiger charge is -2.63. The van der Waals surface area contributed by atoms with Crippen molar-refractivity contribution >= 4 is 52.6 Å². The van der Waals surface area contributed by atoms with Crippen molar-refractivity contribution in [2.45, 2.75) is 90.1 Å². The number of likely N-dealkylation sites (tertiary alicyclic amines) is 1. The third kappa shape index (κ3) is 6.76. The SMILES string of the molecule is CC1(C)C(NC(=O)c2ccc(N3CCC(CN4C[C@H]5C[C@@H]4CN5c4ccc5c(c4)C(=O)N(C4CCC(=O)NC4=O)C5=O)CC3)nc2)C(C)(C)C1Oc1ccc(C#N)c(Cl)c1. The molecule has 1 unspecified atom stereocenters. The second-order valence-corrected chi connectivity index (χ2v) is 18.9. The smallest absolute Gasteiger partial charge is 0.262 e. The van der Waals surface area contributed by atoms with Gasteiger partial charge in [-0.2, -0.15) is 5.26 Å². The van der Waals surface area contributed by atoms with Crippen LogP contribution in [-0.2, 0) is 9.59 Å². The number of amides is 5. The van der Waals surface area contributed by atoms with E-state index in [1.165, 1.54) is 0 Å². The fourth-order valence-corrected chi connectivity index (χ4v) is 11.3. The van der Waals surface area contributed by atoms with Crippen LogP contribution in [0.25, 0.3) is 0 Å². The number of aromatic nitrogens is 1. The molecule has 3 atom stereocenters.